The van der Waals surface area contributed by atoms with Gasteiger partial charge in [-0.3, -0.25) is 0 Å². The van der Waals surface area contributed by atoms with E-state index in [9.17, 15) is 0 Å². The molecule has 0 amide bonds. The fourth-order valence-electron chi connectivity index (χ4n) is 4.82. The Morgan fingerprint density at radius 2 is 1.65 bits per heavy atom. The Morgan fingerprint density at radius 1 is 1.00 bits per heavy atom. The minimum Gasteiger partial charge on any atom is -0.488 e. The van der Waals surface area contributed by atoms with Crippen molar-refractivity contribution in [3.05, 3.63) is 101 Å². The summed E-state index contributed by atoms with van der Waals surface area (Å²) in [5, 5.41) is 3.00. The van der Waals surface area contributed by atoms with Crippen LogP contribution in [0.5, 0.6) is 5.75 Å². The Hall–Kier alpha value is -4.68. The molecule has 2 atom stereocenters. The van der Waals surface area contributed by atoms with Crippen molar-refractivity contribution in [2.45, 2.75) is 32.5 Å². The number of nitrogens with one attached hydrogen (secondary N) is 1. The Morgan fingerprint density at radius 3 is 2.30 bits per heavy atom. The first-order valence-electron chi connectivity index (χ1n) is 13.3. The SMILES string of the molecule is CNCC#Cc1cnc(N2C(C)CN(C(/C=C(\N)c3ccccc3OCc3ccccc3)=C(N)N)CC2C)nc1. The number of benzene rings is 2. The first kappa shape index (κ1) is 28.3. The number of ether oxygens (including phenoxy) is 1. The molecule has 0 radical (unpaired) electrons. The molecule has 0 spiro atoms. The smallest absolute Gasteiger partial charge is 0.225 e. The number of para-hydroxylation sites is 1. The third-order valence-electron chi connectivity index (χ3n) is 6.65. The van der Waals surface area contributed by atoms with Crippen LogP contribution in [-0.4, -0.2) is 53.6 Å². The minimum absolute atomic E-state index is 0.0930. The van der Waals surface area contributed by atoms with E-state index in [1.165, 1.54) is 0 Å². The van der Waals surface area contributed by atoms with Gasteiger partial charge in [-0.25, -0.2) is 9.97 Å². The molecule has 2 aromatic carbocycles. The molecule has 1 saturated heterocycles. The van der Waals surface area contributed by atoms with Crippen LogP contribution in [0.3, 0.4) is 0 Å². The first-order chi connectivity index (χ1) is 19.4. The predicted octanol–water partition coefficient (Wildman–Crippen LogP) is 2.61. The molecule has 2 heterocycles. The van der Waals surface area contributed by atoms with Crippen LogP contribution in [0.2, 0.25) is 0 Å². The zero-order valence-electron chi connectivity index (χ0n) is 23.3. The van der Waals surface area contributed by atoms with Crippen LogP contribution < -0.4 is 32.2 Å². The van der Waals surface area contributed by atoms with Crippen molar-refractivity contribution in [3.8, 4) is 17.6 Å². The van der Waals surface area contributed by atoms with Crippen molar-refractivity contribution in [2.75, 3.05) is 31.6 Å². The van der Waals surface area contributed by atoms with Gasteiger partial charge in [-0.2, -0.15) is 0 Å². The molecule has 7 N–H and O–H groups in total. The zero-order valence-corrected chi connectivity index (χ0v) is 23.3. The Labute approximate surface area is 236 Å². The van der Waals surface area contributed by atoms with Crippen molar-refractivity contribution in [1.29, 1.82) is 0 Å². The quantitative estimate of drug-likeness (QED) is 0.252. The van der Waals surface area contributed by atoms with Gasteiger partial charge in [0, 0.05) is 48.8 Å². The van der Waals surface area contributed by atoms with E-state index >= 15 is 0 Å². The molecule has 3 aromatic rings. The monoisotopic (exact) mass is 538 g/mol. The van der Waals surface area contributed by atoms with Crippen LogP contribution in [0.1, 0.15) is 30.5 Å². The summed E-state index contributed by atoms with van der Waals surface area (Å²) >= 11 is 0. The molecule has 1 aliphatic rings. The van der Waals surface area contributed by atoms with Crippen LogP contribution in [0.25, 0.3) is 5.70 Å². The van der Waals surface area contributed by atoms with Crippen molar-refractivity contribution in [2.24, 2.45) is 17.2 Å². The maximum atomic E-state index is 6.62. The van der Waals surface area contributed by atoms with Gasteiger partial charge in [0.1, 0.15) is 18.2 Å². The van der Waals surface area contributed by atoms with Gasteiger partial charge in [0.2, 0.25) is 5.95 Å². The van der Waals surface area contributed by atoms with Crippen molar-refractivity contribution in [3.63, 3.8) is 0 Å². The van der Waals surface area contributed by atoms with Gasteiger partial charge in [-0.1, -0.05) is 54.3 Å². The Kier molecular flexibility index (Phi) is 9.49. The van der Waals surface area contributed by atoms with Crippen LogP contribution in [0, 0.1) is 11.8 Å². The Bertz CT molecular complexity index is 1380. The van der Waals surface area contributed by atoms with Crippen LogP contribution in [-0.2, 0) is 6.61 Å². The van der Waals surface area contributed by atoms with Crippen molar-refractivity contribution >= 4 is 11.6 Å². The molecule has 1 fully saturated rings. The molecule has 208 valence electrons. The van der Waals surface area contributed by atoms with Gasteiger partial charge in [0.25, 0.3) is 0 Å². The second-order valence-electron chi connectivity index (χ2n) is 9.82. The minimum atomic E-state index is 0.0930. The number of rotatable bonds is 8. The molecule has 1 aliphatic heterocycles. The molecule has 0 aliphatic carbocycles. The molecule has 4 rings (SSSR count). The van der Waals surface area contributed by atoms with Crippen LogP contribution >= 0.6 is 0 Å². The molecular formula is C31H38N8O. The summed E-state index contributed by atoms with van der Waals surface area (Å²) in [6.45, 7) is 6.66. The molecule has 0 saturated carbocycles. The summed E-state index contributed by atoms with van der Waals surface area (Å²) in [6, 6.07) is 17.9. The van der Waals surface area contributed by atoms with E-state index in [4.69, 9.17) is 21.9 Å². The van der Waals surface area contributed by atoms with E-state index in [0.717, 1.165) is 16.7 Å². The normalized spacial score (nSPS) is 17.1. The summed E-state index contributed by atoms with van der Waals surface area (Å²) in [4.78, 5) is 13.6. The highest BCUT2D eigenvalue weighted by Crippen LogP contribution is 2.28. The van der Waals surface area contributed by atoms with E-state index in [2.05, 4.69) is 50.8 Å². The third-order valence-corrected chi connectivity index (χ3v) is 6.65. The molecule has 9 nitrogen and oxygen atoms in total. The largest absolute Gasteiger partial charge is 0.488 e. The highest BCUT2D eigenvalue weighted by molar-refractivity contribution is 5.70. The number of allylic oxidation sites excluding steroid dienone is 1. The molecule has 0 bridgehead atoms. The summed E-state index contributed by atoms with van der Waals surface area (Å²) in [5.74, 6) is 7.66. The first-order valence-corrected chi connectivity index (χ1v) is 13.3. The second-order valence-corrected chi connectivity index (χ2v) is 9.82. The lowest BCUT2D eigenvalue weighted by atomic mass is 10.1. The van der Waals surface area contributed by atoms with Crippen LogP contribution in [0.15, 0.2) is 84.6 Å². The number of piperazine rings is 1. The van der Waals surface area contributed by atoms with Crippen molar-refractivity contribution in [1.82, 2.24) is 20.2 Å². The summed E-state index contributed by atoms with van der Waals surface area (Å²) in [7, 11) is 1.86. The van der Waals surface area contributed by atoms with Crippen LogP contribution in [0.4, 0.5) is 5.95 Å². The van der Waals surface area contributed by atoms with Gasteiger partial charge < -0.3 is 37.1 Å². The number of nitrogens with zero attached hydrogens (tertiary/aromatic N) is 4. The molecule has 2 unspecified atom stereocenters. The Balaban J connectivity index is 1.50. The predicted molar refractivity (Wildman–Crippen MR) is 161 cm³/mol. The fourth-order valence-corrected chi connectivity index (χ4v) is 4.82. The summed E-state index contributed by atoms with van der Waals surface area (Å²) in [6.07, 6.45) is 5.37. The lowest BCUT2D eigenvalue weighted by Crippen LogP contribution is -2.57. The number of anilines is 1. The van der Waals surface area contributed by atoms with E-state index in [1.54, 1.807) is 12.4 Å². The van der Waals surface area contributed by atoms with E-state index < -0.39 is 0 Å². The van der Waals surface area contributed by atoms with Crippen molar-refractivity contribution < 1.29 is 4.74 Å². The maximum absolute atomic E-state index is 6.62. The highest BCUT2D eigenvalue weighted by atomic mass is 16.5. The van der Waals surface area contributed by atoms with E-state index in [0.29, 0.717) is 49.3 Å². The summed E-state index contributed by atoms with van der Waals surface area (Å²) < 4.78 is 6.12. The number of hydrogen-bond acceptors (Lipinski definition) is 9. The molecular weight excluding hydrogens is 500 g/mol. The van der Waals surface area contributed by atoms with Gasteiger partial charge in [-0.05, 0) is 44.7 Å². The van der Waals surface area contributed by atoms with Gasteiger partial charge in [-0.15, -0.1) is 0 Å². The summed E-state index contributed by atoms with van der Waals surface area (Å²) in [5.41, 5.74) is 22.9. The third kappa shape index (κ3) is 7.04. The van der Waals surface area contributed by atoms with Gasteiger partial charge >= 0.3 is 0 Å². The average molecular weight is 539 g/mol. The molecule has 9 heteroatoms. The molecule has 40 heavy (non-hydrogen) atoms. The van der Waals surface area contributed by atoms with Gasteiger partial charge in [0.15, 0.2) is 0 Å². The fraction of sp³-hybridized carbons (Fsp3) is 0.290. The molecule has 1 aromatic heterocycles. The topological polar surface area (TPSA) is 132 Å². The average Bonchev–Trinajstić information content (AvgIpc) is 2.95. The lowest BCUT2D eigenvalue weighted by molar-refractivity contribution is 0.249. The second kappa shape index (κ2) is 13.4. The highest BCUT2D eigenvalue weighted by Gasteiger charge is 2.32. The number of aromatic nitrogens is 2. The zero-order chi connectivity index (χ0) is 28.5. The van der Waals surface area contributed by atoms with E-state index in [-0.39, 0.29) is 17.9 Å². The lowest BCUT2D eigenvalue weighted by Gasteiger charge is -2.45. The number of nitrogens with two attached hydrogens (primary N) is 3. The van der Waals surface area contributed by atoms with Gasteiger partial charge in [0.05, 0.1) is 17.8 Å². The maximum Gasteiger partial charge on any atom is 0.225 e. The number of hydrogen-bond donors (Lipinski definition) is 4. The van der Waals surface area contributed by atoms with E-state index in [1.807, 2.05) is 67.7 Å². The standard InChI is InChI=1S/C31H38N8O/c1-22-19-38(20-23(2)39(22)31-36-17-25(18-37-31)12-9-15-35-3)28(30(33)34)16-27(32)26-13-7-8-14-29(26)40-21-24-10-5-4-6-11-24/h4-8,10-11,13-14,16-18,22-23,35H,15,19-21,32-34H2,1-3H3/b27-16-.